The molecule has 1 aromatic heterocycles. The Bertz CT molecular complexity index is 966. The maximum absolute atomic E-state index is 12.3. The fraction of sp³-hybridized carbons (Fsp3) is 0.417. The molecule has 1 heterocycles. The normalized spacial score (nSPS) is 11.8. The van der Waals surface area contributed by atoms with Crippen molar-refractivity contribution in [3.05, 3.63) is 59.9 Å². The lowest BCUT2D eigenvalue weighted by Crippen LogP contribution is -2.35. The van der Waals surface area contributed by atoms with Crippen molar-refractivity contribution in [2.24, 2.45) is 5.41 Å². The third kappa shape index (κ3) is 5.17. The van der Waals surface area contributed by atoms with Crippen LogP contribution in [0.2, 0.25) is 0 Å². The predicted octanol–water partition coefficient (Wildman–Crippen LogP) is 4.90. The van der Waals surface area contributed by atoms with E-state index in [4.69, 9.17) is 9.72 Å². The van der Waals surface area contributed by atoms with Gasteiger partial charge in [-0.25, -0.2) is 4.98 Å². The van der Waals surface area contributed by atoms with Gasteiger partial charge in [-0.05, 0) is 35.7 Å². The molecule has 0 saturated carbocycles. The van der Waals surface area contributed by atoms with E-state index in [-0.39, 0.29) is 5.91 Å². The van der Waals surface area contributed by atoms with Gasteiger partial charge in [0.1, 0.15) is 18.2 Å². The predicted molar refractivity (Wildman–Crippen MR) is 117 cm³/mol. The molecule has 0 aliphatic carbocycles. The summed E-state index contributed by atoms with van der Waals surface area (Å²) in [5.74, 6) is 2.22. The highest BCUT2D eigenvalue weighted by Gasteiger charge is 2.21. The SMILES string of the molecule is CC(C)c1ccc(OCCn2c(CNC(=O)C(C)(C)C)nc3ccccc32)cc1. The summed E-state index contributed by atoms with van der Waals surface area (Å²) in [5.41, 5.74) is 2.84. The molecule has 5 nitrogen and oxygen atoms in total. The van der Waals surface area contributed by atoms with Crippen LogP contribution in [0, 0.1) is 5.41 Å². The van der Waals surface area contributed by atoms with Crippen LogP contribution in [0.3, 0.4) is 0 Å². The molecule has 1 N–H and O–H groups in total. The van der Waals surface area contributed by atoms with E-state index in [0.29, 0.717) is 25.6 Å². The summed E-state index contributed by atoms with van der Waals surface area (Å²) in [5, 5.41) is 3.00. The third-order valence-electron chi connectivity index (χ3n) is 4.95. The molecule has 1 amide bonds. The van der Waals surface area contributed by atoms with Gasteiger partial charge in [0.25, 0.3) is 0 Å². The second-order valence-electron chi connectivity index (χ2n) is 8.67. The molecule has 0 spiro atoms. The second-order valence-corrected chi connectivity index (χ2v) is 8.67. The molecular weight excluding hydrogens is 362 g/mol. The summed E-state index contributed by atoms with van der Waals surface area (Å²) in [6.07, 6.45) is 0. The number of nitrogens with zero attached hydrogens (tertiary/aromatic N) is 2. The summed E-state index contributed by atoms with van der Waals surface area (Å²) >= 11 is 0. The quantitative estimate of drug-likeness (QED) is 0.621. The summed E-state index contributed by atoms with van der Waals surface area (Å²) < 4.78 is 8.09. The van der Waals surface area contributed by atoms with Crippen molar-refractivity contribution in [2.45, 2.75) is 53.6 Å². The third-order valence-corrected chi connectivity index (χ3v) is 4.95. The zero-order valence-electron chi connectivity index (χ0n) is 18.0. The van der Waals surface area contributed by atoms with E-state index in [1.54, 1.807) is 0 Å². The Morgan fingerprint density at radius 2 is 1.79 bits per heavy atom. The van der Waals surface area contributed by atoms with Gasteiger partial charge in [0.05, 0.1) is 24.1 Å². The summed E-state index contributed by atoms with van der Waals surface area (Å²) in [6.45, 7) is 11.7. The van der Waals surface area contributed by atoms with Crippen LogP contribution in [-0.2, 0) is 17.9 Å². The molecule has 0 saturated heterocycles. The molecule has 0 atom stereocenters. The molecule has 0 unspecified atom stereocenters. The van der Waals surface area contributed by atoms with Gasteiger partial charge in [0, 0.05) is 5.41 Å². The molecule has 3 rings (SSSR count). The number of imidazole rings is 1. The number of benzene rings is 2. The molecule has 0 bridgehead atoms. The van der Waals surface area contributed by atoms with E-state index in [1.807, 2.05) is 51.1 Å². The number of hydrogen-bond acceptors (Lipinski definition) is 3. The highest BCUT2D eigenvalue weighted by Crippen LogP contribution is 2.20. The van der Waals surface area contributed by atoms with Gasteiger partial charge in [-0.3, -0.25) is 4.79 Å². The van der Waals surface area contributed by atoms with Crippen molar-refractivity contribution in [3.63, 3.8) is 0 Å². The van der Waals surface area contributed by atoms with E-state index < -0.39 is 5.41 Å². The number of hydrogen-bond donors (Lipinski definition) is 1. The molecule has 0 fully saturated rings. The van der Waals surface area contributed by atoms with E-state index in [2.05, 4.69) is 41.9 Å². The molecule has 2 aromatic carbocycles. The maximum atomic E-state index is 12.3. The van der Waals surface area contributed by atoms with Gasteiger partial charge in [-0.15, -0.1) is 0 Å². The number of rotatable bonds is 7. The van der Waals surface area contributed by atoms with Crippen LogP contribution in [0.15, 0.2) is 48.5 Å². The summed E-state index contributed by atoms with van der Waals surface area (Å²) in [7, 11) is 0. The first-order valence-corrected chi connectivity index (χ1v) is 10.2. The average Bonchev–Trinajstić information content (AvgIpc) is 3.03. The topological polar surface area (TPSA) is 56.1 Å². The van der Waals surface area contributed by atoms with E-state index in [1.165, 1.54) is 5.56 Å². The minimum Gasteiger partial charge on any atom is -0.492 e. The molecular formula is C24H31N3O2. The smallest absolute Gasteiger partial charge is 0.225 e. The number of ether oxygens (including phenoxy) is 1. The number of amides is 1. The van der Waals surface area contributed by atoms with Gasteiger partial charge in [-0.1, -0.05) is 58.9 Å². The highest BCUT2D eigenvalue weighted by molar-refractivity contribution is 5.81. The first kappa shape index (κ1) is 20.9. The van der Waals surface area contributed by atoms with Crippen molar-refractivity contribution in [1.29, 1.82) is 0 Å². The monoisotopic (exact) mass is 393 g/mol. The molecule has 0 aliphatic rings. The average molecular weight is 394 g/mol. The molecule has 3 aromatic rings. The van der Waals surface area contributed by atoms with Crippen LogP contribution >= 0.6 is 0 Å². The van der Waals surface area contributed by atoms with Gasteiger partial charge in [0.15, 0.2) is 0 Å². The Morgan fingerprint density at radius 3 is 2.45 bits per heavy atom. The summed E-state index contributed by atoms with van der Waals surface area (Å²) in [6, 6.07) is 16.3. The van der Waals surface area contributed by atoms with Crippen LogP contribution in [0.4, 0.5) is 0 Å². The number of aromatic nitrogens is 2. The number of fused-ring (bicyclic) bond motifs is 1. The van der Waals surface area contributed by atoms with Gasteiger partial charge in [0.2, 0.25) is 5.91 Å². The Labute approximate surface area is 173 Å². The first-order valence-electron chi connectivity index (χ1n) is 10.2. The van der Waals surface area contributed by atoms with Crippen molar-refractivity contribution >= 4 is 16.9 Å². The fourth-order valence-corrected chi connectivity index (χ4v) is 3.14. The Balaban J connectivity index is 1.71. The van der Waals surface area contributed by atoms with Crippen LogP contribution in [0.25, 0.3) is 11.0 Å². The van der Waals surface area contributed by atoms with Crippen LogP contribution in [-0.4, -0.2) is 22.1 Å². The lowest BCUT2D eigenvalue weighted by Gasteiger charge is -2.18. The number of para-hydroxylation sites is 2. The van der Waals surface area contributed by atoms with E-state index in [0.717, 1.165) is 22.6 Å². The Hall–Kier alpha value is -2.82. The van der Waals surface area contributed by atoms with Crippen LogP contribution in [0.5, 0.6) is 5.75 Å². The number of carbonyl (C=O) groups is 1. The number of nitrogens with one attached hydrogen (secondary N) is 1. The second kappa shape index (κ2) is 8.68. The van der Waals surface area contributed by atoms with Crippen molar-refractivity contribution in [1.82, 2.24) is 14.9 Å². The van der Waals surface area contributed by atoms with Crippen molar-refractivity contribution in [3.8, 4) is 5.75 Å². The molecule has 0 aliphatic heterocycles. The van der Waals surface area contributed by atoms with Crippen LogP contribution < -0.4 is 10.1 Å². The summed E-state index contributed by atoms with van der Waals surface area (Å²) in [4.78, 5) is 17.0. The molecule has 0 radical (unpaired) electrons. The molecule has 154 valence electrons. The van der Waals surface area contributed by atoms with E-state index >= 15 is 0 Å². The lowest BCUT2D eigenvalue weighted by molar-refractivity contribution is -0.128. The van der Waals surface area contributed by atoms with Gasteiger partial charge >= 0.3 is 0 Å². The largest absolute Gasteiger partial charge is 0.492 e. The first-order chi connectivity index (χ1) is 13.8. The standard InChI is InChI=1S/C24H31N3O2/c1-17(2)18-10-12-19(13-11-18)29-15-14-27-21-9-7-6-8-20(21)26-22(27)16-25-23(28)24(3,4)5/h6-13,17H,14-16H2,1-5H3,(H,25,28). The molecule has 5 heteroatoms. The van der Waals surface area contributed by atoms with Crippen molar-refractivity contribution < 1.29 is 9.53 Å². The van der Waals surface area contributed by atoms with Gasteiger partial charge < -0.3 is 14.6 Å². The molecule has 29 heavy (non-hydrogen) atoms. The Kier molecular flexibility index (Phi) is 6.26. The van der Waals surface area contributed by atoms with E-state index in [9.17, 15) is 4.79 Å². The zero-order valence-corrected chi connectivity index (χ0v) is 18.0. The minimum absolute atomic E-state index is 0.0117. The fourth-order valence-electron chi connectivity index (χ4n) is 3.14. The lowest BCUT2D eigenvalue weighted by atomic mass is 9.96. The number of carbonyl (C=O) groups excluding carboxylic acids is 1. The van der Waals surface area contributed by atoms with Crippen molar-refractivity contribution in [2.75, 3.05) is 6.61 Å². The van der Waals surface area contributed by atoms with Crippen LogP contribution in [0.1, 0.15) is 51.9 Å². The maximum Gasteiger partial charge on any atom is 0.225 e. The minimum atomic E-state index is -0.428. The van der Waals surface area contributed by atoms with Gasteiger partial charge in [-0.2, -0.15) is 0 Å². The highest BCUT2D eigenvalue weighted by atomic mass is 16.5. The zero-order chi connectivity index (χ0) is 21.0. The Morgan fingerprint density at radius 1 is 1.10 bits per heavy atom.